The minimum atomic E-state index is 0. The topological polar surface area (TPSA) is 52.6 Å². The summed E-state index contributed by atoms with van der Waals surface area (Å²) in [5.41, 5.74) is 6.23. The molecule has 8 heteroatoms. The molecule has 0 saturated carbocycles. The molecule has 4 aromatic heterocycles. The molecule has 0 aliphatic rings. The maximum Gasteiger partial charge on any atom is 0.134 e. The second kappa shape index (κ2) is 17.8. The van der Waals surface area contributed by atoms with Gasteiger partial charge < -0.3 is 32.5 Å². The molecule has 10 aromatic rings. The summed E-state index contributed by atoms with van der Waals surface area (Å²) in [6.45, 7) is 3.06. The molecule has 10 rings (SSSR count). The fraction of sp³-hybridized carbons (Fsp3) is 0. The van der Waals surface area contributed by atoms with Gasteiger partial charge in [-0.2, -0.15) is 0 Å². The standard InChI is InChI=1S/2C21H13O2.2CH3.2ClH.Si.Zr/c2*1-2-8-20-15(5-1)13-21(23-20)17-7-3-6-14-11-16(12-18(14)17)19-9-4-10-22-19;;;;;;/h2*1-13H;2*1H3;2*1H;;/q4*-1;;;;. The number of halogens is 2. The van der Waals surface area contributed by atoms with E-state index in [2.05, 4.69) is 91.8 Å². The Morgan fingerprint density at radius 2 is 0.865 bits per heavy atom. The van der Waals surface area contributed by atoms with Crippen LogP contribution in [0.4, 0.5) is 0 Å². The summed E-state index contributed by atoms with van der Waals surface area (Å²) >= 11 is 1.36. The Bertz CT molecular complexity index is 2380. The van der Waals surface area contributed by atoms with Gasteiger partial charge in [-0.25, -0.2) is 0 Å². The van der Waals surface area contributed by atoms with Gasteiger partial charge in [0.15, 0.2) is 0 Å². The Morgan fingerprint density at radius 3 is 1.25 bits per heavy atom. The molecule has 0 amide bonds. The van der Waals surface area contributed by atoms with Gasteiger partial charge in [0.25, 0.3) is 0 Å². The normalized spacial score (nSPS) is 10.2. The first-order valence-electron chi connectivity index (χ1n) is 15.5. The third-order valence-electron chi connectivity index (χ3n) is 8.49. The fourth-order valence-corrected chi connectivity index (χ4v) is 6.30. The molecule has 0 spiro atoms. The van der Waals surface area contributed by atoms with E-state index < -0.39 is 0 Å². The van der Waals surface area contributed by atoms with Crippen LogP contribution < -0.4 is 0 Å². The SMILES string of the molecule is Cl.Cl.[CH3-].[CH3-].[Si]=[Zr].c1coc(-c2cc3c(-c4cc5ccccc5o4)cccc3[cH-]2)c1.c1coc(-c2cc3c(-c4cc5ccccc5o4)cccc3[cH-]2)c1. The van der Waals surface area contributed by atoms with Gasteiger partial charge in [-0.15, -0.1) is 82.8 Å². The van der Waals surface area contributed by atoms with Gasteiger partial charge in [0.05, 0.1) is 24.0 Å². The maximum absolute atomic E-state index is 6.04. The van der Waals surface area contributed by atoms with Crippen molar-refractivity contribution in [3.8, 4) is 45.3 Å². The van der Waals surface area contributed by atoms with Crippen LogP contribution in [0.3, 0.4) is 0 Å². The summed E-state index contributed by atoms with van der Waals surface area (Å²) < 4.78 is 23.1. The molecule has 6 aromatic carbocycles. The van der Waals surface area contributed by atoms with E-state index in [1.165, 1.54) is 44.9 Å². The van der Waals surface area contributed by atoms with Gasteiger partial charge in [0, 0.05) is 10.8 Å². The smallest absolute Gasteiger partial charge is 0.134 e. The van der Waals surface area contributed by atoms with E-state index in [0.29, 0.717) is 0 Å². The number of hydrogen-bond donors (Lipinski definition) is 0. The molecule has 260 valence electrons. The minimum Gasteiger partial charge on any atom is -0.499 e. The van der Waals surface area contributed by atoms with Gasteiger partial charge >= 0.3 is 30.2 Å². The largest absolute Gasteiger partial charge is 0.499 e. The zero-order chi connectivity index (χ0) is 32.5. The first-order chi connectivity index (χ1) is 23.8. The molecular weight excluding hydrogens is 783 g/mol. The van der Waals surface area contributed by atoms with Crippen molar-refractivity contribution in [2.24, 2.45) is 0 Å². The summed E-state index contributed by atoms with van der Waals surface area (Å²) in [6.07, 6.45) is 3.40. The van der Waals surface area contributed by atoms with Gasteiger partial charge in [0.1, 0.15) is 22.7 Å². The fourth-order valence-electron chi connectivity index (χ4n) is 6.30. The van der Waals surface area contributed by atoms with E-state index in [1.807, 2.05) is 60.7 Å². The van der Waals surface area contributed by atoms with Crippen molar-refractivity contribution < 1.29 is 41.0 Å². The molecule has 0 aliphatic heterocycles. The van der Waals surface area contributed by atoms with E-state index in [0.717, 1.165) is 67.2 Å². The zero-order valence-electron chi connectivity index (χ0n) is 28.5. The van der Waals surface area contributed by atoms with Crippen LogP contribution in [0.1, 0.15) is 0 Å². The second-order valence-electron chi connectivity index (χ2n) is 11.4. The summed E-state index contributed by atoms with van der Waals surface area (Å²) in [7, 11) is 0. The van der Waals surface area contributed by atoms with Gasteiger partial charge in [-0.1, -0.05) is 83.9 Å². The molecule has 0 aliphatic carbocycles. The predicted molar refractivity (Wildman–Crippen MR) is 218 cm³/mol. The van der Waals surface area contributed by atoms with Crippen LogP contribution in [-0.4, -0.2) is 6.88 Å². The number of furan rings is 4. The van der Waals surface area contributed by atoms with Crippen LogP contribution in [0.25, 0.3) is 88.8 Å². The van der Waals surface area contributed by atoms with Gasteiger partial charge in [-0.3, -0.25) is 0 Å². The second-order valence-corrected chi connectivity index (χ2v) is 11.4. The molecule has 4 heterocycles. The maximum atomic E-state index is 6.04. The number of para-hydroxylation sites is 2. The van der Waals surface area contributed by atoms with Crippen molar-refractivity contribution in [2.75, 3.05) is 0 Å². The molecule has 52 heavy (non-hydrogen) atoms. The van der Waals surface area contributed by atoms with Crippen LogP contribution in [0.2, 0.25) is 0 Å². The molecule has 0 N–H and O–H groups in total. The average molecular weight is 817 g/mol. The Kier molecular flexibility index (Phi) is 13.7. The van der Waals surface area contributed by atoms with Crippen LogP contribution in [0.15, 0.2) is 176 Å². The number of hydrogen-bond acceptors (Lipinski definition) is 4. The van der Waals surface area contributed by atoms with E-state index in [9.17, 15) is 0 Å². The van der Waals surface area contributed by atoms with Crippen LogP contribution >= 0.6 is 24.8 Å². The molecule has 0 bridgehead atoms. The molecule has 2 radical (unpaired) electrons. The third kappa shape index (κ3) is 7.77. The monoisotopic (exact) mass is 814 g/mol. The van der Waals surface area contributed by atoms with E-state index in [4.69, 9.17) is 17.7 Å². The zero-order valence-corrected chi connectivity index (χ0v) is 33.6. The van der Waals surface area contributed by atoms with Crippen molar-refractivity contribution in [2.45, 2.75) is 0 Å². The summed E-state index contributed by atoms with van der Waals surface area (Å²) in [5, 5.41) is 6.98. The summed E-state index contributed by atoms with van der Waals surface area (Å²) in [5.74, 6) is 3.57. The van der Waals surface area contributed by atoms with Crippen molar-refractivity contribution >= 4 is 75.2 Å². The van der Waals surface area contributed by atoms with Crippen molar-refractivity contribution in [3.05, 3.63) is 173 Å². The number of rotatable bonds is 4. The van der Waals surface area contributed by atoms with Crippen LogP contribution in [-0.2, 0) is 23.3 Å². The Balaban J connectivity index is 0.000000207. The van der Waals surface area contributed by atoms with Crippen molar-refractivity contribution in [3.63, 3.8) is 0 Å². The summed E-state index contributed by atoms with van der Waals surface area (Å²) in [4.78, 5) is 0. The van der Waals surface area contributed by atoms with Gasteiger partial charge in [0.2, 0.25) is 0 Å². The van der Waals surface area contributed by atoms with E-state index in [-0.39, 0.29) is 39.7 Å². The first kappa shape index (κ1) is 40.2. The van der Waals surface area contributed by atoms with Crippen molar-refractivity contribution in [1.82, 2.24) is 0 Å². The van der Waals surface area contributed by atoms with Gasteiger partial charge in [-0.05, 0) is 47.5 Å². The van der Waals surface area contributed by atoms with E-state index in [1.54, 1.807) is 12.5 Å². The Morgan fingerprint density at radius 1 is 0.442 bits per heavy atom. The molecule has 0 atom stereocenters. The minimum absolute atomic E-state index is 0. The first-order valence-corrected chi connectivity index (χ1v) is 19.7. The quantitative estimate of drug-likeness (QED) is 0.131. The Labute approximate surface area is 332 Å². The molecule has 4 nitrogen and oxygen atoms in total. The number of benzene rings is 4. The summed E-state index contributed by atoms with van der Waals surface area (Å²) in [6, 6.07) is 49.4. The average Bonchev–Trinajstić information content (AvgIpc) is 3.99. The van der Waals surface area contributed by atoms with Crippen LogP contribution in [0, 0.1) is 14.9 Å². The molecule has 0 saturated heterocycles. The number of fused-ring (bicyclic) bond motifs is 4. The third-order valence-corrected chi connectivity index (χ3v) is 8.49. The van der Waals surface area contributed by atoms with Crippen LogP contribution in [0.5, 0.6) is 0 Å². The van der Waals surface area contributed by atoms with Crippen molar-refractivity contribution in [1.29, 1.82) is 0 Å². The Hall–Kier alpha value is -4.58. The predicted octanol–water partition coefficient (Wildman–Crippen LogP) is 13.8. The van der Waals surface area contributed by atoms with E-state index >= 15 is 0 Å². The molecule has 0 unspecified atom stereocenters. The molecule has 0 fully saturated rings. The molecular formula is C44H34Cl2O4SiZr-4.